The summed E-state index contributed by atoms with van der Waals surface area (Å²) in [6.07, 6.45) is 1.56. The summed E-state index contributed by atoms with van der Waals surface area (Å²) < 4.78 is 2.72. The van der Waals surface area contributed by atoms with Crippen LogP contribution in [0.15, 0.2) is 70.4 Å². The van der Waals surface area contributed by atoms with Crippen molar-refractivity contribution in [2.24, 2.45) is 7.05 Å². The van der Waals surface area contributed by atoms with Crippen LogP contribution in [0.1, 0.15) is 41.3 Å². The molecular formula is C24H24N4O3. The minimum Gasteiger partial charge on any atom is -0.344 e. The molecule has 7 nitrogen and oxygen atoms in total. The number of hydrogen-bond donors (Lipinski definition) is 2. The van der Waals surface area contributed by atoms with Crippen LogP contribution in [0.2, 0.25) is 0 Å². The van der Waals surface area contributed by atoms with Gasteiger partial charge in [-0.05, 0) is 29.2 Å². The predicted molar refractivity (Wildman–Crippen MR) is 122 cm³/mol. The fraction of sp³-hybridized carbons (Fsp3) is 0.208. The van der Waals surface area contributed by atoms with Crippen LogP contribution in [0, 0.1) is 0 Å². The second kappa shape index (κ2) is 8.10. The van der Waals surface area contributed by atoms with E-state index in [-0.39, 0.29) is 23.1 Å². The number of fused-ring (bicyclic) bond motifs is 1. The largest absolute Gasteiger partial charge is 0.344 e. The molecule has 2 aromatic carbocycles. The Morgan fingerprint density at radius 1 is 1.03 bits per heavy atom. The van der Waals surface area contributed by atoms with E-state index in [0.717, 1.165) is 10.1 Å². The maximum atomic E-state index is 13.1. The molecule has 31 heavy (non-hydrogen) atoms. The summed E-state index contributed by atoms with van der Waals surface area (Å²) >= 11 is 0. The minimum absolute atomic E-state index is 0.153. The number of aryl methyl sites for hydroxylation is 1. The minimum atomic E-state index is -0.553. The molecule has 0 aliphatic heterocycles. The summed E-state index contributed by atoms with van der Waals surface area (Å²) in [4.78, 5) is 41.4. The Kier molecular flexibility index (Phi) is 5.33. The van der Waals surface area contributed by atoms with E-state index >= 15 is 0 Å². The normalized spacial score (nSPS) is 11.2. The number of nitrogens with zero attached hydrogens (tertiary/aromatic N) is 2. The Labute approximate surface area is 179 Å². The molecule has 0 unspecified atom stereocenters. The molecular weight excluding hydrogens is 392 g/mol. The van der Waals surface area contributed by atoms with Crippen LogP contribution < -0.4 is 16.6 Å². The third kappa shape index (κ3) is 3.94. The fourth-order valence-corrected chi connectivity index (χ4v) is 3.64. The second-order valence-corrected chi connectivity index (χ2v) is 7.92. The maximum Gasteiger partial charge on any atom is 0.329 e. The predicted octanol–water partition coefficient (Wildman–Crippen LogP) is 3.45. The lowest BCUT2D eigenvalue weighted by atomic mass is 10.0. The Morgan fingerprint density at radius 2 is 1.71 bits per heavy atom. The highest BCUT2D eigenvalue weighted by Gasteiger charge is 2.20. The molecule has 158 valence electrons. The van der Waals surface area contributed by atoms with Crippen LogP contribution >= 0.6 is 0 Å². The number of carbonyl (C=O) groups is 1. The molecule has 0 radical (unpaired) electrons. The molecule has 0 spiro atoms. The average molecular weight is 416 g/mol. The zero-order valence-electron chi connectivity index (χ0n) is 17.7. The Balaban J connectivity index is 1.70. The van der Waals surface area contributed by atoms with Crippen molar-refractivity contribution in [3.05, 3.63) is 98.3 Å². The number of aromatic nitrogens is 3. The standard InChI is InChI=1S/C24H24N4O3/c1-15(2)17-9-11-18(12-10-17)25-22(29)19-14-27(3)21-20(19)26-24(31)28(23(21)30)13-16-7-5-4-6-8-16/h4-12,14-15H,13H2,1-3H3,(H,25,29)(H,26,31). The lowest BCUT2D eigenvalue weighted by molar-refractivity contribution is 0.102. The molecule has 0 saturated carbocycles. The van der Waals surface area contributed by atoms with Gasteiger partial charge in [0.25, 0.3) is 11.5 Å². The molecule has 0 fully saturated rings. The molecule has 2 N–H and O–H groups in total. The van der Waals surface area contributed by atoms with Crippen LogP contribution in [0.3, 0.4) is 0 Å². The molecule has 4 rings (SSSR count). The lowest BCUT2D eigenvalue weighted by Gasteiger charge is -2.08. The van der Waals surface area contributed by atoms with E-state index in [1.54, 1.807) is 17.8 Å². The fourth-order valence-electron chi connectivity index (χ4n) is 3.64. The van der Waals surface area contributed by atoms with Gasteiger partial charge in [-0.1, -0.05) is 56.3 Å². The first kappa shape index (κ1) is 20.4. The summed E-state index contributed by atoms with van der Waals surface area (Å²) in [6, 6.07) is 16.9. The van der Waals surface area contributed by atoms with Gasteiger partial charge < -0.3 is 14.9 Å². The first-order valence-corrected chi connectivity index (χ1v) is 10.1. The van der Waals surface area contributed by atoms with Crippen molar-refractivity contribution in [1.82, 2.24) is 14.1 Å². The van der Waals surface area contributed by atoms with Crippen LogP contribution in [-0.2, 0) is 13.6 Å². The molecule has 4 aromatic rings. The van der Waals surface area contributed by atoms with Crippen molar-refractivity contribution in [3.63, 3.8) is 0 Å². The highest BCUT2D eigenvalue weighted by molar-refractivity contribution is 6.11. The number of carbonyl (C=O) groups excluding carboxylic acids is 1. The molecule has 0 saturated heterocycles. The number of anilines is 1. The monoisotopic (exact) mass is 416 g/mol. The number of hydrogen-bond acceptors (Lipinski definition) is 3. The Hall–Kier alpha value is -3.87. The number of amides is 1. The molecule has 7 heteroatoms. The topological polar surface area (TPSA) is 88.9 Å². The molecule has 0 aliphatic rings. The van der Waals surface area contributed by atoms with Crippen molar-refractivity contribution in [1.29, 1.82) is 0 Å². The van der Waals surface area contributed by atoms with E-state index in [1.807, 2.05) is 54.6 Å². The van der Waals surface area contributed by atoms with Gasteiger partial charge in [-0.25, -0.2) is 4.79 Å². The number of rotatable bonds is 5. The quantitative estimate of drug-likeness (QED) is 0.522. The van der Waals surface area contributed by atoms with Gasteiger partial charge in [0.15, 0.2) is 0 Å². The van der Waals surface area contributed by atoms with E-state index in [4.69, 9.17) is 0 Å². The van der Waals surface area contributed by atoms with Crippen molar-refractivity contribution < 1.29 is 4.79 Å². The number of aromatic amines is 1. The lowest BCUT2D eigenvalue weighted by Crippen LogP contribution is -2.36. The van der Waals surface area contributed by atoms with Crippen molar-refractivity contribution in [2.45, 2.75) is 26.3 Å². The SMILES string of the molecule is CC(C)c1ccc(NC(=O)c2cn(C)c3c(=O)n(Cc4ccccc4)c(=O)[nH]c23)cc1. The van der Waals surface area contributed by atoms with E-state index in [0.29, 0.717) is 11.6 Å². The van der Waals surface area contributed by atoms with Gasteiger partial charge in [-0.3, -0.25) is 14.2 Å². The summed E-state index contributed by atoms with van der Waals surface area (Å²) in [6.45, 7) is 4.36. The first-order chi connectivity index (χ1) is 14.8. The summed E-state index contributed by atoms with van der Waals surface area (Å²) in [5.74, 6) is 0.00436. The van der Waals surface area contributed by atoms with Crippen LogP contribution in [0.25, 0.3) is 11.0 Å². The maximum absolute atomic E-state index is 13.1. The third-order valence-corrected chi connectivity index (χ3v) is 5.37. The number of benzene rings is 2. The summed E-state index contributed by atoms with van der Waals surface area (Å²) in [5, 5.41) is 2.84. The van der Waals surface area contributed by atoms with E-state index < -0.39 is 17.2 Å². The van der Waals surface area contributed by atoms with Gasteiger partial charge in [0.2, 0.25) is 0 Å². The molecule has 2 aromatic heterocycles. The first-order valence-electron chi connectivity index (χ1n) is 10.1. The molecule has 2 heterocycles. The van der Waals surface area contributed by atoms with Crippen LogP contribution in [0.5, 0.6) is 0 Å². The van der Waals surface area contributed by atoms with Gasteiger partial charge in [0.05, 0.1) is 17.6 Å². The van der Waals surface area contributed by atoms with Crippen LogP contribution in [-0.4, -0.2) is 20.0 Å². The van der Waals surface area contributed by atoms with E-state index in [9.17, 15) is 14.4 Å². The smallest absolute Gasteiger partial charge is 0.329 e. The summed E-state index contributed by atoms with van der Waals surface area (Å²) in [7, 11) is 1.68. The highest BCUT2D eigenvalue weighted by atomic mass is 16.2. The van der Waals surface area contributed by atoms with Crippen molar-refractivity contribution in [2.75, 3.05) is 5.32 Å². The average Bonchev–Trinajstić information content (AvgIpc) is 3.08. The van der Waals surface area contributed by atoms with Gasteiger partial charge in [-0.2, -0.15) is 0 Å². The third-order valence-electron chi connectivity index (χ3n) is 5.37. The summed E-state index contributed by atoms with van der Waals surface area (Å²) in [5.41, 5.74) is 2.41. The van der Waals surface area contributed by atoms with E-state index in [2.05, 4.69) is 24.1 Å². The van der Waals surface area contributed by atoms with E-state index in [1.165, 1.54) is 5.56 Å². The molecule has 0 atom stereocenters. The van der Waals surface area contributed by atoms with Gasteiger partial charge in [-0.15, -0.1) is 0 Å². The van der Waals surface area contributed by atoms with Gasteiger partial charge >= 0.3 is 5.69 Å². The Bertz CT molecular complexity index is 1360. The number of H-pyrrole nitrogens is 1. The number of nitrogens with one attached hydrogen (secondary N) is 2. The Morgan fingerprint density at radius 3 is 2.35 bits per heavy atom. The highest BCUT2D eigenvalue weighted by Crippen LogP contribution is 2.20. The van der Waals surface area contributed by atoms with Crippen molar-refractivity contribution in [3.8, 4) is 0 Å². The zero-order valence-corrected chi connectivity index (χ0v) is 17.7. The molecule has 0 bridgehead atoms. The molecule has 0 aliphatic carbocycles. The zero-order chi connectivity index (χ0) is 22.1. The van der Waals surface area contributed by atoms with Crippen molar-refractivity contribution >= 4 is 22.6 Å². The second-order valence-electron chi connectivity index (χ2n) is 7.92. The molecule has 1 amide bonds. The van der Waals surface area contributed by atoms with Gasteiger partial charge in [0.1, 0.15) is 5.52 Å². The van der Waals surface area contributed by atoms with Crippen LogP contribution in [0.4, 0.5) is 5.69 Å². The van der Waals surface area contributed by atoms with Gasteiger partial charge in [0, 0.05) is 18.9 Å².